The van der Waals surface area contributed by atoms with Gasteiger partial charge in [-0.2, -0.15) is 15.2 Å². The molecule has 0 N–H and O–H groups in total. The zero-order valence-electron chi connectivity index (χ0n) is 25.0. The minimum Gasteiger partial charge on any atom is -0.467 e. The molecular formula is C33H41N7O2. The van der Waals surface area contributed by atoms with Crippen LogP contribution in [0.5, 0.6) is 6.01 Å². The van der Waals surface area contributed by atoms with Crippen LogP contribution in [0.2, 0.25) is 0 Å². The molecule has 2 aromatic carbocycles. The average Bonchev–Trinajstić information content (AvgIpc) is 3.41. The number of likely N-dealkylation sites (tertiary alicyclic amines) is 1. The molecule has 0 spiro atoms. The van der Waals surface area contributed by atoms with Crippen LogP contribution in [-0.4, -0.2) is 84.6 Å². The second-order valence-corrected chi connectivity index (χ2v) is 11.3. The lowest BCUT2D eigenvalue weighted by molar-refractivity contribution is -0.128. The van der Waals surface area contributed by atoms with Crippen LogP contribution < -0.4 is 14.5 Å². The normalized spacial score (nSPS) is 20.4. The Morgan fingerprint density at radius 1 is 1.12 bits per heavy atom. The highest BCUT2D eigenvalue weighted by Gasteiger charge is 2.33. The maximum Gasteiger partial charge on any atom is 0.318 e. The highest BCUT2D eigenvalue weighted by Crippen LogP contribution is 2.34. The molecule has 2 unspecified atom stereocenters. The second kappa shape index (κ2) is 13.2. The van der Waals surface area contributed by atoms with E-state index in [-0.39, 0.29) is 18.4 Å². The van der Waals surface area contributed by atoms with E-state index in [0.717, 1.165) is 36.1 Å². The van der Waals surface area contributed by atoms with Gasteiger partial charge in [-0.15, -0.1) is 0 Å². The number of carbonyl (C=O) groups is 1. The third-order valence-electron chi connectivity index (χ3n) is 8.76. The second-order valence-electron chi connectivity index (χ2n) is 11.3. The number of anilines is 2. The van der Waals surface area contributed by atoms with Gasteiger partial charge in [0.2, 0.25) is 5.91 Å². The highest BCUT2D eigenvalue weighted by molar-refractivity contribution is 5.94. The van der Waals surface area contributed by atoms with Gasteiger partial charge in [-0.1, -0.05) is 43.0 Å². The van der Waals surface area contributed by atoms with Gasteiger partial charge in [-0.25, -0.2) is 0 Å². The number of aromatic nitrogens is 2. The predicted molar refractivity (Wildman–Crippen MR) is 167 cm³/mol. The van der Waals surface area contributed by atoms with Crippen molar-refractivity contribution in [3.8, 4) is 12.1 Å². The Hall–Kier alpha value is -4.16. The van der Waals surface area contributed by atoms with E-state index in [4.69, 9.17) is 14.7 Å². The summed E-state index contributed by atoms with van der Waals surface area (Å²) in [6.45, 7) is 10.4. The number of ether oxygens (including phenoxy) is 1. The Bertz CT molecular complexity index is 1460. The van der Waals surface area contributed by atoms with Gasteiger partial charge in [-0.3, -0.25) is 4.79 Å². The molecule has 3 aliphatic heterocycles. The summed E-state index contributed by atoms with van der Waals surface area (Å²) in [6, 6.07) is 18.0. The lowest BCUT2D eigenvalue weighted by atomic mass is 10.0. The van der Waals surface area contributed by atoms with Gasteiger partial charge in [0.1, 0.15) is 5.82 Å². The van der Waals surface area contributed by atoms with Crippen molar-refractivity contribution in [2.45, 2.75) is 51.2 Å². The van der Waals surface area contributed by atoms with Crippen LogP contribution in [0.3, 0.4) is 0 Å². The van der Waals surface area contributed by atoms with E-state index < -0.39 is 0 Å². The topological polar surface area (TPSA) is 88.8 Å². The molecule has 1 aromatic heterocycles. The number of hydrogen-bond acceptors (Lipinski definition) is 8. The smallest absolute Gasteiger partial charge is 0.318 e. The first-order chi connectivity index (χ1) is 20.4. The Labute approximate surface area is 249 Å². The lowest BCUT2D eigenvalue weighted by Gasteiger charge is -2.42. The minimum atomic E-state index is -0.216. The number of amides is 1. The third-order valence-corrected chi connectivity index (χ3v) is 8.76. The van der Waals surface area contributed by atoms with Crippen LogP contribution in [0.4, 0.5) is 11.5 Å². The molecule has 4 heterocycles. The standard InChI is InChI=1S/C27H28N6O2.C6H13N/c1-3-25(34)33-16-15-32(17-20(33)11-13-28)26-22-12-14-31(18-23(22)29-27(30-26)35-2)24-10-6-8-19-7-4-5-9-21(19)24;1-6-4-3-5-7(6)2/h3-10,20H,1,11-12,14-18H2,2H3;6H,3-5H2,1-2H3. The highest BCUT2D eigenvalue weighted by atomic mass is 16.5. The van der Waals surface area contributed by atoms with E-state index in [0.29, 0.717) is 32.2 Å². The monoisotopic (exact) mass is 567 g/mol. The van der Waals surface area contributed by atoms with Crippen molar-refractivity contribution < 1.29 is 9.53 Å². The number of hydrogen-bond donors (Lipinski definition) is 0. The Balaban J connectivity index is 0.000000442. The summed E-state index contributed by atoms with van der Waals surface area (Å²) in [6.07, 6.45) is 5.17. The van der Waals surface area contributed by atoms with Crippen LogP contribution in [0.1, 0.15) is 37.4 Å². The van der Waals surface area contributed by atoms with Gasteiger partial charge in [0.15, 0.2) is 0 Å². The molecule has 2 saturated heterocycles. The predicted octanol–water partition coefficient (Wildman–Crippen LogP) is 4.42. The van der Waals surface area contributed by atoms with Gasteiger partial charge in [0, 0.05) is 48.9 Å². The number of methoxy groups -OCH3 is 1. The summed E-state index contributed by atoms with van der Waals surface area (Å²) >= 11 is 0. The zero-order chi connectivity index (χ0) is 29.6. The first-order valence-corrected chi connectivity index (χ1v) is 14.8. The molecule has 2 atom stereocenters. The Morgan fingerprint density at radius 2 is 1.93 bits per heavy atom. The quantitative estimate of drug-likeness (QED) is 0.419. The van der Waals surface area contributed by atoms with E-state index in [1.165, 1.54) is 41.9 Å². The molecule has 220 valence electrons. The fraction of sp³-hybridized carbons (Fsp3) is 0.455. The number of nitriles is 1. The molecule has 3 aromatic rings. The van der Waals surface area contributed by atoms with E-state index in [2.05, 4.69) is 83.8 Å². The van der Waals surface area contributed by atoms with Crippen molar-refractivity contribution in [2.24, 2.45) is 0 Å². The fourth-order valence-corrected chi connectivity index (χ4v) is 6.24. The molecule has 0 aliphatic carbocycles. The van der Waals surface area contributed by atoms with Crippen LogP contribution >= 0.6 is 0 Å². The molecule has 9 nitrogen and oxygen atoms in total. The summed E-state index contributed by atoms with van der Waals surface area (Å²) in [5, 5.41) is 11.8. The summed E-state index contributed by atoms with van der Waals surface area (Å²) in [5.41, 5.74) is 3.26. The summed E-state index contributed by atoms with van der Waals surface area (Å²) in [4.78, 5) is 30.4. The zero-order valence-corrected chi connectivity index (χ0v) is 25.0. The van der Waals surface area contributed by atoms with Crippen molar-refractivity contribution in [1.82, 2.24) is 19.8 Å². The van der Waals surface area contributed by atoms with Crippen molar-refractivity contribution in [2.75, 3.05) is 56.7 Å². The van der Waals surface area contributed by atoms with Gasteiger partial charge in [0.25, 0.3) is 0 Å². The van der Waals surface area contributed by atoms with Crippen molar-refractivity contribution in [1.29, 1.82) is 5.26 Å². The van der Waals surface area contributed by atoms with Crippen molar-refractivity contribution >= 4 is 28.2 Å². The van der Waals surface area contributed by atoms with Crippen LogP contribution in [0.15, 0.2) is 55.1 Å². The molecule has 0 saturated carbocycles. The number of piperazine rings is 1. The maximum absolute atomic E-state index is 12.3. The summed E-state index contributed by atoms with van der Waals surface area (Å²) < 4.78 is 5.48. The first kappa shape index (κ1) is 29.3. The van der Waals surface area contributed by atoms with Crippen molar-refractivity contribution in [3.05, 3.63) is 66.4 Å². The van der Waals surface area contributed by atoms with E-state index in [1.54, 1.807) is 12.0 Å². The lowest BCUT2D eigenvalue weighted by Crippen LogP contribution is -2.55. The van der Waals surface area contributed by atoms with Crippen LogP contribution in [-0.2, 0) is 17.8 Å². The molecule has 3 aliphatic rings. The van der Waals surface area contributed by atoms with Crippen molar-refractivity contribution in [3.63, 3.8) is 0 Å². The van der Waals surface area contributed by atoms with Gasteiger partial charge >= 0.3 is 6.01 Å². The van der Waals surface area contributed by atoms with E-state index in [1.807, 2.05) is 0 Å². The molecule has 0 radical (unpaired) electrons. The van der Waals surface area contributed by atoms with Gasteiger partial charge < -0.3 is 24.3 Å². The molecule has 1 amide bonds. The van der Waals surface area contributed by atoms with Crippen LogP contribution in [0, 0.1) is 11.3 Å². The average molecular weight is 568 g/mol. The van der Waals surface area contributed by atoms with Crippen LogP contribution in [0.25, 0.3) is 10.8 Å². The van der Waals surface area contributed by atoms with E-state index >= 15 is 0 Å². The SMILES string of the molecule is C=CC(=O)N1CCN(c2nc(OC)nc3c2CCN(c2cccc4ccccc24)C3)CC1CC#N.CC1CCCN1C. The number of nitrogens with zero attached hydrogens (tertiary/aromatic N) is 7. The molecule has 42 heavy (non-hydrogen) atoms. The third kappa shape index (κ3) is 6.19. The largest absolute Gasteiger partial charge is 0.467 e. The molecule has 9 heteroatoms. The number of benzene rings is 2. The minimum absolute atomic E-state index is 0.141. The molecule has 6 rings (SSSR count). The maximum atomic E-state index is 12.3. The Morgan fingerprint density at radius 3 is 2.62 bits per heavy atom. The number of fused-ring (bicyclic) bond motifs is 2. The molecule has 2 fully saturated rings. The van der Waals surface area contributed by atoms with Gasteiger partial charge in [0.05, 0.1) is 37.9 Å². The molecule has 0 bridgehead atoms. The van der Waals surface area contributed by atoms with E-state index in [9.17, 15) is 10.1 Å². The summed E-state index contributed by atoms with van der Waals surface area (Å²) in [7, 11) is 3.77. The molecular weight excluding hydrogens is 526 g/mol. The fourth-order valence-electron chi connectivity index (χ4n) is 6.24. The number of carbonyl (C=O) groups excluding carboxylic acids is 1. The Kier molecular flexibility index (Phi) is 9.23. The number of rotatable bonds is 5. The van der Waals surface area contributed by atoms with Gasteiger partial charge in [-0.05, 0) is 57.3 Å². The summed E-state index contributed by atoms with van der Waals surface area (Å²) in [5.74, 6) is 0.705. The first-order valence-electron chi connectivity index (χ1n) is 14.8.